The van der Waals surface area contributed by atoms with Crippen molar-refractivity contribution in [2.24, 2.45) is 0 Å². The molecular weight excluding hydrogens is 276 g/mol. The van der Waals surface area contributed by atoms with Gasteiger partial charge in [0.05, 0.1) is 12.8 Å². The number of hydrogen-bond acceptors (Lipinski definition) is 6. The van der Waals surface area contributed by atoms with Crippen LogP contribution in [0.15, 0.2) is 24.0 Å². The summed E-state index contributed by atoms with van der Waals surface area (Å²) in [5, 5.41) is 11.5. The third-order valence-electron chi connectivity index (χ3n) is 3.10. The van der Waals surface area contributed by atoms with Crippen LogP contribution in [0.25, 0.3) is 10.7 Å². The van der Waals surface area contributed by atoms with Crippen LogP contribution in [0.2, 0.25) is 0 Å². The summed E-state index contributed by atoms with van der Waals surface area (Å²) in [6.45, 7) is 0.338. The highest BCUT2D eigenvalue weighted by atomic mass is 32.1. The fourth-order valence-electron chi connectivity index (χ4n) is 1.99. The molecule has 7 heteroatoms. The van der Waals surface area contributed by atoms with E-state index in [2.05, 4.69) is 15.0 Å². The first kappa shape index (κ1) is 13.1. The molecule has 1 fully saturated rings. The minimum atomic E-state index is -0.118. The fourth-order valence-corrected chi connectivity index (χ4v) is 2.74. The number of hydrogen-bond donors (Lipinski definition) is 1. The van der Waals surface area contributed by atoms with Crippen LogP contribution >= 0.6 is 11.3 Å². The highest BCUT2D eigenvalue weighted by Gasteiger charge is 2.33. The van der Waals surface area contributed by atoms with Gasteiger partial charge in [-0.1, -0.05) is 0 Å². The molecule has 0 unspecified atom stereocenters. The maximum atomic E-state index is 12.4. The molecule has 2 aromatic heterocycles. The zero-order valence-corrected chi connectivity index (χ0v) is 11.6. The third-order valence-corrected chi connectivity index (χ3v) is 3.96. The van der Waals surface area contributed by atoms with Crippen molar-refractivity contribution >= 4 is 17.2 Å². The van der Waals surface area contributed by atoms with E-state index in [1.165, 1.54) is 11.3 Å². The molecular formula is C13H14N4O2S. The molecule has 0 saturated heterocycles. The molecule has 0 spiro atoms. The molecule has 1 aliphatic rings. The van der Waals surface area contributed by atoms with Gasteiger partial charge in [0.25, 0.3) is 5.91 Å². The number of carbonyl (C=O) groups excluding carboxylic acids is 1. The topological polar surface area (TPSA) is 79.2 Å². The van der Waals surface area contributed by atoms with E-state index >= 15 is 0 Å². The van der Waals surface area contributed by atoms with Crippen LogP contribution in [0.1, 0.15) is 23.3 Å². The minimum absolute atomic E-state index is 0.0244. The summed E-state index contributed by atoms with van der Waals surface area (Å²) in [5.74, 6) is -0.118. The Balaban J connectivity index is 1.80. The lowest BCUT2D eigenvalue weighted by Crippen LogP contribution is -2.35. The second-order valence-corrected chi connectivity index (χ2v) is 5.44. The van der Waals surface area contributed by atoms with E-state index in [0.717, 1.165) is 12.8 Å². The summed E-state index contributed by atoms with van der Waals surface area (Å²) in [6.07, 6.45) is 6.83. The monoisotopic (exact) mass is 290 g/mol. The quantitative estimate of drug-likeness (QED) is 0.895. The molecule has 2 heterocycles. The second kappa shape index (κ2) is 5.64. The van der Waals surface area contributed by atoms with E-state index in [1.54, 1.807) is 28.9 Å². The van der Waals surface area contributed by atoms with Gasteiger partial charge in [0.2, 0.25) is 0 Å². The SMILES string of the molecule is O=C(c1csc(-c2cnccn2)n1)N(CCO)C1CC1. The van der Waals surface area contributed by atoms with Gasteiger partial charge in [0, 0.05) is 30.4 Å². The molecule has 0 aromatic carbocycles. The van der Waals surface area contributed by atoms with Gasteiger partial charge in [-0.05, 0) is 12.8 Å². The zero-order valence-electron chi connectivity index (χ0n) is 10.8. The van der Waals surface area contributed by atoms with Crippen molar-refractivity contribution in [2.75, 3.05) is 13.2 Å². The maximum Gasteiger partial charge on any atom is 0.273 e. The molecule has 0 radical (unpaired) electrons. The number of amides is 1. The molecule has 2 aromatic rings. The van der Waals surface area contributed by atoms with Crippen molar-refractivity contribution in [2.45, 2.75) is 18.9 Å². The van der Waals surface area contributed by atoms with Crippen molar-refractivity contribution in [3.8, 4) is 10.7 Å². The number of thiazole rings is 1. The molecule has 0 bridgehead atoms. The molecule has 0 aliphatic heterocycles. The first-order chi connectivity index (χ1) is 9.79. The van der Waals surface area contributed by atoms with Crippen LogP contribution < -0.4 is 0 Å². The van der Waals surface area contributed by atoms with Crippen LogP contribution in [0.5, 0.6) is 0 Å². The molecule has 6 nitrogen and oxygen atoms in total. The number of aromatic nitrogens is 3. The normalized spacial score (nSPS) is 14.2. The molecule has 1 amide bonds. The van der Waals surface area contributed by atoms with Crippen molar-refractivity contribution in [3.05, 3.63) is 29.7 Å². The largest absolute Gasteiger partial charge is 0.395 e. The maximum absolute atomic E-state index is 12.4. The molecule has 3 rings (SSSR count). The van der Waals surface area contributed by atoms with E-state index in [4.69, 9.17) is 5.11 Å². The van der Waals surface area contributed by atoms with Crippen molar-refractivity contribution in [3.63, 3.8) is 0 Å². The van der Waals surface area contributed by atoms with Crippen LogP contribution in [0.4, 0.5) is 0 Å². The lowest BCUT2D eigenvalue weighted by Gasteiger charge is -2.19. The highest BCUT2D eigenvalue weighted by molar-refractivity contribution is 7.13. The number of aliphatic hydroxyl groups is 1. The van der Waals surface area contributed by atoms with Crippen LogP contribution in [-0.4, -0.2) is 50.1 Å². The smallest absolute Gasteiger partial charge is 0.273 e. The molecule has 0 atom stereocenters. The van der Waals surface area contributed by atoms with Crippen LogP contribution in [0, 0.1) is 0 Å². The summed E-state index contributed by atoms with van der Waals surface area (Å²) in [5.41, 5.74) is 1.08. The average Bonchev–Trinajstić information content (AvgIpc) is 3.21. The molecule has 20 heavy (non-hydrogen) atoms. The van der Waals surface area contributed by atoms with E-state index in [1.807, 2.05) is 0 Å². The Morgan fingerprint density at radius 3 is 2.95 bits per heavy atom. The number of carbonyl (C=O) groups is 1. The van der Waals surface area contributed by atoms with Gasteiger partial charge < -0.3 is 10.0 Å². The van der Waals surface area contributed by atoms with Crippen LogP contribution in [-0.2, 0) is 0 Å². The molecule has 104 valence electrons. The predicted octanol–water partition coefficient (Wildman–Crippen LogP) is 1.20. The standard InChI is InChI=1S/C13H14N4O2S/c18-6-5-17(9-1-2-9)13(19)11-8-20-12(16-11)10-7-14-3-4-15-10/h3-4,7-9,18H,1-2,5-6H2. The Bertz CT molecular complexity index is 597. The average molecular weight is 290 g/mol. The number of aliphatic hydroxyl groups excluding tert-OH is 1. The fraction of sp³-hybridized carbons (Fsp3) is 0.385. The van der Waals surface area contributed by atoms with Crippen LogP contribution in [0.3, 0.4) is 0 Å². The third kappa shape index (κ3) is 2.68. The van der Waals surface area contributed by atoms with Gasteiger partial charge in [-0.3, -0.25) is 14.8 Å². The Morgan fingerprint density at radius 2 is 2.30 bits per heavy atom. The summed E-state index contributed by atoms with van der Waals surface area (Å²) < 4.78 is 0. The van der Waals surface area contributed by atoms with E-state index < -0.39 is 0 Å². The zero-order chi connectivity index (χ0) is 13.9. The highest BCUT2D eigenvalue weighted by Crippen LogP contribution is 2.29. The Morgan fingerprint density at radius 1 is 1.45 bits per heavy atom. The summed E-state index contributed by atoms with van der Waals surface area (Å²) in [7, 11) is 0. The first-order valence-corrected chi connectivity index (χ1v) is 7.31. The van der Waals surface area contributed by atoms with Crippen molar-refractivity contribution in [1.29, 1.82) is 0 Å². The Kier molecular flexibility index (Phi) is 3.70. The lowest BCUT2D eigenvalue weighted by molar-refractivity contribution is 0.0702. The van der Waals surface area contributed by atoms with Gasteiger partial charge in [-0.25, -0.2) is 4.98 Å². The molecule has 1 saturated carbocycles. The minimum Gasteiger partial charge on any atom is -0.395 e. The summed E-state index contributed by atoms with van der Waals surface area (Å²) >= 11 is 1.37. The Labute approximate surface area is 120 Å². The van der Waals surface area contributed by atoms with E-state index in [-0.39, 0.29) is 18.6 Å². The van der Waals surface area contributed by atoms with Gasteiger partial charge >= 0.3 is 0 Å². The lowest BCUT2D eigenvalue weighted by atomic mass is 10.3. The van der Waals surface area contributed by atoms with Gasteiger partial charge in [0.15, 0.2) is 0 Å². The predicted molar refractivity (Wildman–Crippen MR) is 74.3 cm³/mol. The van der Waals surface area contributed by atoms with Crippen molar-refractivity contribution in [1.82, 2.24) is 19.9 Å². The number of nitrogens with zero attached hydrogens (tertiary/aromatic N) is 4. The van der Waals surface area contributed by atoms with Gasteiger partial charge in [-0.2, -0.15) is 0 Å². The van der Waals surface area contributed by atoms with E-state index in [9.17, 15) is 4.79 Å². The summed E-state index contributed by atoms with van der Waals surface area (Å²) in [6, 6.07) is 0.260. The molecule has 1 N–H and O–H groups in total. The first-order valence-electron chi connectivity index (χ1n) is 6.43. The van der Waals surface area contributed by atoms with Gasteiger partial charge in [0.1, 0.15) is 16.4 Å². The summed E-state index contributed by atoms with van der Waals surface area (Å²) in [4.78, 5) is 26.6. The Hall–Kier alpha value is -1.86. The van der Waals surface area contributed by atoms with Gasteiger partial charge in [-0.15, -0.1) is 11.3 Å². The molecule has 1 aliphatic carbocycles. The number of rotatable bonds is 5. The van der Waals surface area contributed by atoms with E-state index in [0.29, 0.717) is 22.9 Å². The van der Waals surface area contributed by atoms with Crippen molar-refractivity contribution < 1.29 is 9.90 Å². The second-order valence-electron chi connectivity index (χ2n) is 4.58.